The second-order valence-corrected chi connectivity index (χ2v) is 5.60. The van der Waals surface area contributed by atoms with Crippen LogP contribution in [0.1, 0.15) is 45.4 Å². The van der Waals surface area contributed by atoms with Gasteiger partial charge >= 0.3 is 0 Å². The maximum absolute atomic E-state index is 5.98. The molecule has 0 radical (unpaired) electrons. The number of ether oxygens (including phenoxy) is 1. The summed E-state index contributed by atoms with van der Waals surface area (Å²) in [5, 5.41) is 4.77. The third kappa shape index (κ3) is 3.24. The number of nitrogens with one attached hydrogen (secondary N) is 1. The predicted octanol–water partition coefficient (Wildman–Crippen LogP) is 4.26. The molecule has 3 nitrogen and oxygen atoms in total. The van der Waals surface area contributed by atoms with E-state index in [1.165, 1.54) is 22.2 Å². The summed E-state index contributed by atoms with van der Waals surface area (Å²) in [7, 11) is 0. The minimum atomic E-state index is 0.258. The average molecular weight is 288 g/mol. The number of hydrogen-bond acceptors (Lipinski definition) is 2. The minimum Gasteiger partial charge on any atom is -0.491 e. The zero-order valence-electron chi connectivity index (χ0n) is 14.0. The van der Waals surface area contributed by atoms with Crippen molar-refractivity contribution in [2.75, 3.05) is 6.54 Å². The lowest BCUT2D eigenvalue weighted by molar-refractivity contribution is 0.217. The molecule has 0 saturated carbocycles. The summed E-state index contributed by atoms with van der Waals surface area (Å²) in [5.41, 5.74) is 4.05. The summed E-state index contributed by atoms with van der Waals surface area (Å²) in [5.74, 6) is 0.975. The van der Waals surface area contributed by atoms with Crippen molar-refractivity contribution in [3.63, 3.8) is 0 Å². The Labute approximate surface area is 128 Å². The molecule has 1 aromatic heterocycles. The lowest BCUT2D eigenvalue weighted by Crippen LogP contribution is -2.12. The quantitative estimate of drug-likeness (QED) is 0.824. The fraction of sp³-hybridized carbons (Fsp3) is 0.556. The molecule has 0 fully saturated rings. The van der Waals surface area contributed by atoms with E-state index < -0.39 is 0 Å². The molecular formula is C18H28N2O. The highest BCUT2D eigenvalue weighted by molar-refractivity contribution is 5.87. The first kappa shape index (κ1) is 15.9. The van der Waals surface area contributed by atoms with Gasteiger partial charge in [0.2, 0.25) is 0 Å². The highest BCUT2D eigenvalue weighted by atomic mass is 16.5. The van der Waals surface area contributed by atoms with E-state index in [4.69, 9.17) is 4.74 Å². The van der Waals surface area contributed by atoms with E-state index in [1.807, 2.05) is 0 Å². The van der Waals surface area contributed by atoms with Gasteiger partial charge in [-0.3, -0.25) is 0 Å². The third-order valence-electron chi connectivity index (χ3n) is 4.21. The zero-order chi connectivity index (χ0) is 15.4. The van der Waals surface area contributed by atoms with Gasteiger partial charge in [0.15, 0.2) is 0 Å². The topological polar surface area (TPSA) is 26.2 Å². The van der Waals surface area contributed by atoms with Crippen LogP contribution in [0.25, 0.3) is 10.9 Å². The Bertz CT molecular complexity index is 601. The molecule has 1 aromatic carbocycles. The van der Waals surface area contributed by atoms with Crippen LogP contribution in [0.15, 0.2) is 18.2 Å². The second-order valence-electron chi connectivity index (χ2n) is 5.60. The van der Waals surface area contributed by atoms with Gasteiger partial charge in [0.1, 0.15) is 5.75 Å². The van der Waals surface area contributed by atoms with Gasteiger partial charge < -0.3 is 14.6 Å². The molecule has 0 saturated heterocycles. The lowest BCUT2D eigenvalue weighted by atomic mass is 10.1. The van der Waals surface area contributed by atoms with Crippen molar-refractivity contribution in [1.29, 1.82) is 0 Å². The summed E-state index contributed by atoms with van der Waals surface area (Å²) in [6.07, 6.45) is 1.28. The molecule has 1 atom stereocenters. The first-order chi connectivity index (χ1) is 10.1. The van der Waals surface area contributed by atoms with Gasteiger partial charge in [0.25, 0.3) is 0 Å². The summed E-state index contributed by atoms with van der Waals surface area (Å²) < 4.78 is 8.37. The minimum absolute atomic E-state index is 0.258. The molecule has 0 spiro atoms. The highest BCUT2D eigenvalue weighted by Gasteiger charge is 2.14. The Morgan fingerprint density at radius 3 is 2.62 bits per heavy atom. The van der Waals surface area contributed by atoms with Crippen LogP contribution in [0, 0.1) is 6.92 Å². The molecule has 0 bridgehead atoms. The average Bonchev–Trinajstić information content (AvgIpc) is 2.75. The van der Waals surface area contributed by atoms with Crippen molar-refractivity contribution in [3.8, 4) is 5.75 Å². The van der Waals surface area contributed by atoms with Crippen molar-refractivity contribution in [3.05, 3.63) is 29.5 Å². The number of benzene rings is 1. The van der Waals surface area contributed by atoms with E-state index >= 15 is 0 Å². The van der Waals surface area contributed by atoms with Crippen LogP contribution < -0.4 is 10.1 Å². The van der Waals surface area contributed by atoms with Crippen molar-refractivity contribution in [1.82, 2.24) is 9.88 Å². The van der Waals surface area contributed by atoms with Crippen LogP contribution in [0.5, 0.6) is 5.75 Å². The molecule has 21 heavy (non-hydrogen) atoms. The Hall–Kier alpha value is -1.48. The maximum atomic E-state index is 5.98. The molecule has 3 heteroatoms. The molecule has 1 heterocycles. The number of hydrogen-bond donors (Lipinski definition) is 1. The first-order valence-electron chi connectivity index (χ1n) is 8.11. The fourth-order valence-corrected chi connectivity index (χ4v) is 2.80. The monoisotopic (exact) mass is 288 g/mol. The maximum Gasteiger partial charge on any atom is 0.120 e. The van der Waals surface area contributed by atoms with Crippen molar-refractivity contribution >= 4 is 10.9 Å². The van der Waals surface area contributed by atoms with Crippen molar-refractivity contribution in [2.24, 2.45) is 0 Å². The lowest BCUT2D eigenvalue weighted by Gasteiger charge is -2.13. The van der Waals surface area contributed by atoms with Crippen molar-refractivity contribution < 1.29 is 4.74 Å². The molecule has 1 N–H and O–H groups in total. The molecule has 0 amide bonds. The normalized spacial score (nSPS) is 12.8. The first-order valence-corrected chi connectivity index (χ1v) is 8.11. The number of aryl methyl sites for hydroxylation is 1. The second kappa shape index (κ2) is 6.99. The third-order valence-corrected chi connectivity index (χ3v) is 4.21. The number of fused-ring (bicyclic) bond motifs is 1. The standard InChI is InChI=1S/C18H28N2O/c1-6-13(4)21-15-9-10-18-16(11-15)17(12-19-7-2)14(5)20(18)8-3/h9-11,13,19H,6-8,12H2,1-5H3. The van der Waals surface area contributed by atoms with Gasteiger partial charge in [-0.25, -0.2) is 0 Å². The predicted molar refractivity (Wildman–Crippen MR) is 90.1 cm³/mol. The van der Waals surface area contributed by atoms with Crippen LogP contribution in [0.2, 0.25) is 0 Å². The molecule has 116 valence electrons. The molecule has 0 aliphatic carbocycles. The summed E-state index contributed by atoms with van der Waals surface area (Å²) in [6.45, 7) is 13.7. The fourth-order valence-electron chi connectivity index (χ4n) is 2.80. The molecule has 2 aromatic rings. The van der Waals surface area contributed by atoms with Crippen LogP contribution in [-0.2, 0) is 13.1 Å². The Balaban J connectivity index is 2.47. The number of rotatable bonds is 7. The van der Waals surface area contributed by atoms with Gasteiger partial charge in [0.05, 0.1) is 6.10 Å². The summed E-state index contributed by atoms with van der Waals surface area (Å²) >= 11 is 0. The SMILES string of the molecule is CCNCc1c(C)n(CC)c2ccc(OC(C)CC)cc12. The molecule has 2 rings (SSSR count). The number of nitrogens with zero attached hydrogens (tertiary/aromatic N) is 1. The molecule has 0 aliphatic heterocycles. The Kier molecular flexibility index (Phi) is 5.29. The summed E-state index contributed by atoms with van der Waals surface area (Å²) in [6, 6.07) is 6.49. The molecule has 1 unspecified atom stereocenters. The van der Waals surface area contributed by atoms with Crippen LogP contribution in [-0.4, -0.2) is 17.2 Å². The van der Waals surface area contributed by atoms with Crippen LogP contribution >= 0.6 is 0 Å². The van der Waals surface area contributed by atoms with Gasteiger partial charge in [-0.1, -0.05) is 13.8 Å². The number of aromatic nitrogens is 1. The Morgan fingerprint density at radius 1 is 1.24 bits per heavy atom. The smallest absolute Gasteiger partial charge is 0.120 e. The highest BCUT2D eigenvalue weighted by Crippen LogP contribution is 2.30. The van der Waals surface area contributed by atoms with E-state index in [2.05, 4.69) is 62.7 Å². The Morgan fingerprint density at radius 2 is 2.00 bits per heavy atom. The van der Waals surface area contributed by atoms with Gasteiger partial charge in [-0.2, -0.15) is 0 Å². The van der Waals surface area contributed by atoms with E-state index in [1.54, 1.807) is 0 Å². The van der Waals surface area contributed by atoms with E-state index in [0.29, 0.717) is 0 Å². The van der Waals surface area contributed by atoms with Crippen LogP contribution in [0.4, 0.5) is 0 Å². The van der Waals surface area contributed by atoms with E-state index in [0.717, 1.165) is 31.8 Å². The summed E-state index contributed by atoms with van der Waals surface area (Å²) in [4.78, 5) is 0. The van der Waals surface area contributed by atoms with E-state index in [9.17, 15) is 0 Å². The largest absolute Gasteiger partial charge is 0.491 e. The van der Waals surface area contributed by atoms with Crippen LogP contribution in [0.3, 0.4) is 0 Å². The van der Waals surface area contributed by atoms with E-state index in [-0.39, 0.29) is 6.10 Å². The van der Waals surface area contributed by atoms with Gasteiger partial charge in [-0.05, 0) is 57.5 Å². The van der Waals surface area contributed by atoms with Crippen molar-refractivity contribution in [2.45, 2.75) is 60.2 Å². The van der Waals surface area contributed by atoms with Gasteiger partial charge in [-0.15, -0.1) is 0 Å². The zero-order valence-corrected chi connectivity index (χ0v) is 14.0. The van der Waals surface area contributed by atoms with Gasteiger partial charge in [0, 0.05) is 29.7 Å². The molecular weight excluding hydrogens is 260 g/mol. The molecule has 0 aliphatic rings.